The molecule has 3 amide bonds. The second kappa shape index (κ2) is 11.3. The summed E-state index contributed by atoms with van der Waals surface area (Å²) < 4.78 is 0. The van der Waals surface area contributed by atoms with Crippen LogP contribution in [0.15, 0.2) is 60.8 Å². The Labute approximate surface area is 200 Å². The largest absolute Gasteiger partial charge is 0.397 e. The molecule has 8 heteroatoms. The zero-order valence-corrected chi connectivity index (χ0v) is 20.1. The lowest BCUT2D eigenvalue weighted by atomic mass is 10.1. The average Bonchev–Trinajstić information content (AvgIpc) is 2.80. The van der Waals surface area contributed by atoms with E-state index in [1.165, 1.54) is 5.56 Å². The van der Waals surface area contributed by atoms with Gasteiger partial charge in [-0.15, -0.1) is 0 Å². The maximum Gasteiger partial charge on any atom is 0.322 e. The van der Waals surface area contributed by atoms with Crippen LogP contribution in [0.4, 0.5) is 21.9 Å². The topological polar surface area (TPSA) is 104 Å². The Hall–Kier alpha value is -3.91. The van der Waals surface area contributed by atoms with Gasteiger partial charge in [0.25, 0.3) is 5.91 Å². The summed E-state index contributed by atoms with van der Waals surface area (Å²) in [5, 5.41) is 5.76. The minimum atomic E-state index is -0.346. The van der Waals surface area contributed by atoms with Crippen molar-refractivity contribution in [3.05, 3.63) is 83.2 Å². The summed E-state index contributed by atoms with van der Waals surface area (Å²) in [4.78, 5) is 33.6. The van der Waals surface area contributed by atoms with Crippen LogP contribution in [0.5, 0.6) is 0 Å². The molecule has 1 heterocycles. The maximum atomic E-state index is 13.0. The minimum absolute atomic E-state index is 0.188. The van der Waals surface area contributed by atoms with Gasteiger partial charge in [0.05, 0.1) is 11.4 Å². The molecule has 3 rings (SSSR count). The first-order valence-corrected chi connectivity index (χ1v) is 11.1. The third-order valence-corrected chi connectivity index (χ3v) is 5.50. The Bertz CT molecular complexity index is 1140. The van der Waals surface area contributed by atoms with Crippen molar-refractivity contribution in [2.45, 2.75) is 20.4 Å². The number of benzene rings is 2. The number of hydrogen-bond acceptors (Lipinski definition) is 5. The molecule has 3 aromatic rings. The first-order chi connectivity index (χ1) is 16.2. The number of nitrogens with one attached hydrogen (secondary N) is 2. The summed E-state index contributed by atoms with van der Waals surface area (Å²) >= 11 is 0. The second-order valence-electron chi connectivity index (χ2n) is 8.55. The van der Waals surface area contributed by atoms with Gasteiger partial charge in [-0.05, 0) is 75.0 Å². The zero-order valence-electron chi connectivity index (χ0n) is 20.1. The molecule has 0 unspecified atom stereocenters. The number of carbonyl (C=O) groups excluding carboxylic acids is 2. The lowest BCUT2D eigenvalue weighted by Gasteiger charge is -2.25. The number of amides is 3. The summed E-state index contributed by atoms with van der Waals surface area (Å²) in [7, 11) is 3.93. The van der Waals surface area contributed by atoms with Crippen molar-refractivity contribution in [2.75, 3.05) is 43.6 Å². The molecule has 0 aliphatic heterocycles. The van der Waals surface area contributed by atoms with Crippen molar-refractivity contribution in [1.29, 1.82) is 0 Å². The van der Waals surface area contributed by atoms with Gasteiger partial charge in [-0.1, -0.05) is 24.3 Å². The Morgan fingerprint density at radius 3 is 2.35 bits per heavy atom. The summed E-state index contributed by atoms with van der Waals surface area (Å²) in [6.45, 7) is 5.68. The fourth-order valence-corrected chi connectivity index (χ4v) is 3.26. The highest BCUT2D eigenvalue weighted by molar-refractivity contribution is 6.04. The third kappa shape index (κ3) is 6.79. The molecule has 4 N–H and O–H groups in total. The van der Waals surface area contributed by atoms with E-state index < -0.39 is 0 Å². The highest BCUT2D eigenvalue weighted by atomic mass is 16.2. The summed E-state index contributed by atoms with van der Waals surface area (Å²) in [5.41, 5.74) is 11.1. The number of aryl methyl sites for hydroxylation is 2. The van der Waals surface area contributed by atoms with Gasteiger partial charge < -0.3 is 26.2 Å². The number of likely N-dealkylation sites (N-methyl/N-ethyl adjacent to an activating group) is 1. The van der Waals surface area contributed by atoms with Gasteiger partial charge in [0, 0.05) is 31.5 Å². The lowest BCUT2D eigenvalue weighted by Crippen LogP contribution is -2.39. The molecule has 0 radical (unpaired) electrons. The highest BCUT2D eigenvalue weighted by Gasteiger charge is 2.16. The summed E-state index contributed by atoms with van der Waals surface area (Å²) in [5.74, 6) is -0.346. The van der Waals surface area contributed by atoms with E-state index >= 15 is 0 Å². The molecular weight excluding hydrogens is 428 g/mol. The maximum absolute atomic E-state index is 13.0. The Balaban J connectivity index is 1.69. The molecule has 2 aromatic carbocycles. The van der Waals surface area contributed by atoms with Crippen LogP contribution in [0.2, 0.25) is 0 Å². The van der Waals surface area contributed by atoms with Crippen molar-refractivity contribution in [3.63, 3.8) is 0 Å². The van der Waals surface area contributed by atoms with Crippen molar-refractivity contribution in [3.8, 4) is 0 Å². The average molecular weight is 461 g/mol. The number of rotatable bonds is 8. The number of carbonyl (C=O) groups is 2. The monoisotopic (exact) mass is 460 g/mol. The SMILES string of the molecule is Cc1ccc(NC(=O)N(CCN(C)C)Cc2ccc(C(=O)Nc3ccccc3N)nc2)cc1C. The van der Waals surface area contributed by atoms with E-state index in [-0.39, 0.29) is 17.6 Å². The third-order valence-electron chi connectivity index (χ3n) is 5.50. The Morgan fingerprint density at radius 1 is 0.941 bits per heavy atom. The molecule has 0 bridgehead atoms. The van der Waals surface area contributed by atoms with Gasteiger partial charge in [0.1, 0.15) is 5.69 Å². The molecule has 0 aliphatic rings. The predicted octanol–water partition coefficient (Wildman–Crippen LogP) is 4.13. The van der Waals surface area contributed by atoms with Crippen LogP contribution in [0.1, 0.15) is 27.2 Å². The predicted molar refractivity (Wildman–Crippen MR) is 137 cm³/mol. The standard InChI is InChI=1S/C26H32N6O2/c1-18-9-11-21(15-19(18)2)29-26(34)32(14-13-31(3)4)17-20-10-12-24(28-16-20)25(33)30-23-8-6-5-7-22(23)27/h5-12,15-16H,13-14,17,27H2,1-4H3,(H,29,34)(H,30,33). The van der Waals surface area contributed by atoms with Gasteiger partial charge in [-0.25, -0.2) is 4.79 Å². The molecule has 0 aliphatic carbocycles. The van der Waals surface area contributed by atoms with Crippen molar-refractivity contribution in [1.82, 2.24) is 14.8 Å². The smallest absolute Gasteiger partial charge is 0.322 e. The number of aromatic nitrogens is 1. The molecule has 0 saturated heterocycles. The number of anilines is 3. The first-order valence-electron chi connectivity index (χ1n) is 11.1. The number of nitrogens with zero attached hydrogens (tertiary/aromatic N) is 3. The van der Waals surface area contributed by atoms with E-state index in [9.17, 15) is 9.59 Å². The van der Waals surface area contributed by atoms with Crippen molar-refractivity contribution >= 4 is 29.0 Å². The van der Waals surface area contributed by atoms with Crippen LogP contribution >= 0.6 is 0 Å². The normalized spacial score (nSPS) is 10.7. The quantitative estimate of drug-likeness (QED) is 0.439. The van der Waals surface area contributed by atoms with Crippen molar-refractivity contribution < 1.29 is 9.59 Å². The molecule has 0 fully saturated rings. The number of nitrogens with two attached hydrogens (primary N) is 1. The van der Waals surface area contributed by atoms with Gasteiger partial charge >= 0.3 is 6.03 Å². The Kier molecular flexibility index (Phi) is 8.21. The molecule has 0 atom stereocenters. The van der Waals surface area contributed by atoms with Gasteiger partial charge in [0.2, 0.25) is 0 Å². The van der Waals surface area contributed by atoms with E-state index in [4.69, 9.17) is 5.73 Å². The molecule has 0 saturated carbocycles. The van der Waals surface area contributed by atoms with Crippen LogP contribution in [-0.2, 0) is 6.54 Å². The zero-order chi connectivity index (χ0) is 24.7. The van der Waals surface area contributed by atoms with Crippen LogP contribution in [-0.4, -0.2) is 53.9 Å². The number of nitrogen functional groups attached to an aromatic ring is 1. The number of pyridine rings is 1. The fourth-order valence-electron chi connectivity index (χ4n) is 3.26. The van der Waals surface area contributed by atoms with E-state index in [1.807, 2.05) is 57.1 Å². The highest BCUT2D eigenvalue weighted by Crippen LogP contribution is 2.18. The van der Waals surface area contributed by atoms with Gasteiger partial charge in [-0.3, -0.25) is 9.78 Å². The summed E-state index contributed by atoms with van der Waals surface area (Å²) in [6, 6.07) is 16.2. The fraction of sp³-hybridized carbons (Fsp3) is 0.269. The van der Waals surface area contributed by atoms with Gasteiger partial charge in [0.15, 0.2) is 0 Å². The molecule has 178 valence electrons. The molecule has 1 aromatic heterocycles. The van der Waals surface area contributed by atoms with E-state index in [0.717, 1.165) is 16.8 Å². The van der Waals surface area contributed by atoms with E-state index in [1.54, 1.807) is 41.4 Å². The molecule has 0 spiro atoms. The number of para-hydroxylation sites is 2. The van der Waals surface area contributed by atoms with Crippen LogP contribution in [0, 0.1) is 13.8 Å². The lowest BCUT2D eigenvalue weighted by molar-refractivity contribution is 0.102. The summed E-state index contributed by atoms with van der Waals surface area (Å²) in [6.07, 6.45) is 1.62. The Morgan fingerprint density at radius 2 is 1.71 bits per heavy atom. The first kappa shape index (κ1) is 24.7. The van der Waals surface area contributed by atoms with Crippen LogP contribution in [0.25, 0.3) is 0 Å². The van der Waals surface area contributed by atoms with Crippen molar-refractivity contribution in [2.24, 2.45) is 0 Å². The number of urea groups is 1. The number of hydrogen-bond donors (Lipinski definition) is 3. The van der Waals surface area contributed by atoms with Gasteiger partial charge in [-0.2, -0.15) is 0 Å². The second-order valence-corrected chi connectivity index (χ2v) is 8.55. The minimum Gasteiger partial charge on any atom is -0.397 e. The molecular formula is C26H32N6O2. The molecule has 8 nitrogen and oxygen atoms in total. The van der Waals surface area contributed by atoms with E-state index in [2.05, 4.69) is 15.6 Å². The van der Waals surface area contributed by atoms with E-state index in [0.29, 0.717) is 31.0 Å². The van der Waals surface area contributed by atoms with Crippen LogP contribution in [0.3, 0.4) is 0 Å². The van der Waals surface area contributed by atoms with Crippen LogP contribution < -0.4 is 16.4 Å². The molecule has 34 heavy (non-hydrogen) atoms.